The predicted molar refractivity (Wildman–Crippen MR) is 75.7 cm³/mol. The van der Waals surface area contributed by atoms with Gasteiger partial charge < -0.3 is 20.7 Å². The van der Waals surface area contributed by atoms with Gasteiger partial charge in [0, 0.05) is 31.4 Å². The maximum atomic E-state index is 8.72. The summed E-state index contributed by atoms with van der Waals surface area (Å²) in [5.74, 6) is 0.960. The quantitative estimate of drug-likeness (QED) is 0.363. The maximum absolute atomic E-state index is 8.72. The van der Waals surface area contributed by atoms with Crippen LogP contribution in [0.1, 0.15) is 18.4 Å². The Morgan fingerprint density at radius 1 is 1.63 bits per heavy atom. The molecule has 1 saturated heterocycles. The van der Waals surface area contributed by atoms with Crippen LogP contribution < -0.4 is 10.6 Å². The van der Waals surface area contributed by atoms with Gasteiger partial charge in [-0.1, -0.05) is 5.16 Å². The van der Waals surface area contributed by atoms with Crippen LogP contribution in [0.4, 0.5) is 5.82 Å². The zero-order valence-electron chi connectivity index (χ0n) is 11.5. The first-order valence-electron chi connectivity index (χ1n) is 6.47. The molecule has 19 heavy (non-hydrogen) atoms. The topological polar surface area (TPSA) is 78.0 Å². The van der Waals surface area contributed by atoms with Crippen molar-refractivity contribution in [2.75, 3.05) is 32.1 Å². The number of piperidine rings is 1. The van der Waals surface area contributed by atoms with E-state index >= 15 is 0 Å². The van der Waals surface area contributed by atoms with E-state index in [1.54, 1.807) is 12.3 Å². The normalized spacial score (nSPS) is 21.4. The predicted octanol–water partition coefficient (Wildman–Crippen LogP) is 0.707. The van der Waals surface area contributed by atoms with Crippen molar-refractivity contribution in [2.24, 2.45) is 10.9 Å². The van der Waals surface area contributed by atoms with E-state index in [4.69, 9.17) is 10.9 Å². The van der Waals surface area contributed by atoms with Crippen molar-refractivity contribution in [3.05, 3.63) is 23.9 Å². The number of amidine groups is 1. The molecule has 0 radical (unpaired) electrons. The molecule has 2 heterocycles. The number of nitrogens with zero attached hydrogens (tertiary/aromatic N) is 4. The Morgan fingerprint density at radius 2 is 2.42 bits per heavy atom. The second-order valence-electron chi connectivity index (χ2n) is 5.06. The van der Waals surface area contributed by atoms with Crippen molar-refractivity contribution in [3.8, 4) is 0 Å². The summed E-state index contributed by atoms with van der Waals surface area (Å²) in [5, 5.41) is 11.7. The molecule has 0 aliphatic carbocycles. The van der Waals surface area contributed by atoms with Crippen molar-refractivity contribution < 1.29 is 5.21 Å². The number of rotatable bonds is 3. The van der Waals surface area contributed by atoms with Gasteiger partial charge in [-0.05, 0) is 38.6 Å². The number of likely N-dealkylation sites (N-methyl/N-ethyl adjacent to an activating group) is 2. The molecular weight excluding hydrogens is 242 g/mol. The van der Waals surface area contributed by atoms with Gasteiger partial charge in [0.2, 0.25) is 0 Å². The molecule has 1 atom stereocenters. The van der Waals surface area contributed by atoms with Gasteiger partial charge in [-0.3, -0.25) is 0 Å². The highest BCUT2D eigenvalue weighted by molar-refractivity contribution is 5.97. The van der Waals surface area contributed by atoms with Crippen LogP contribution in [-0.4, -0.2) is 54.2 Å². The van der Waals surface area contributed by atoms with Crippen LogP contribution in [0.15, 0.2) is 23.5 Å². The molecule has 3 N–H and O–H groups in total. The molecule has 2 rings (SSSR count). The minimum absolute atomic E-state index is 0.109. The average Bonchev–Trinajstić information content (AvgIpc) is 2.45. The molecule has 104 valence electrons. The van der Waals surface area contributed by atoms with Gasteiger partial charge in [-0.25, -0.2) is 4.98 Å². The van der Waals surface area contributed by atoms with Crippen molar-refractivity contribution >= 4 is 11.7 Å². The minimum atomic E-state index is 0.109. The largest absolute Gasteiger partial charge is 0.409 e. The van der Waals surface area contributed by atoms with Gasteiger partial charge in [0.1, 0.15) is 5.82 Å². The van der Waals surface area contributed by atoms with E-state index < -0.39 is 0 Å². The van der Waals surface area contributed by atoms with Crippen LogP contribution in [0.25, 0.3) is 0 Å². The van der Waals surface area contributed by atoms with Crippen LogP contribution in [0.3, 0.4) is 0 Å². The molecule has 6 heteroatoms. The zero-order chi connectivity index (χ0) is 13.8. The lowest BCUT2D eigenvalue weighted by atomic mass is 10.0. The van der Waals surface area contributed by atoms with Crippen LogP contribution in [0.5, 0.6) is 0 Å². The Morgan fingerprint density at radius 3 is 3.11 bits per heavy atom. The monoisotopic (exact) mass is 263 g/mol. The van der Waals surface area contributed by atoms with E-state index in [1.165, 1.54) is 6.42 Å². The highest BCUT2D eigenvalue weighted by Crippen LogP contribution is 2.19. The van der Waals surface area contributed by atoms with E-state index in [0.717, 1.165) is 25.3 Å². The van der Waals surface area contributed by atoms with Gasteiger partial charge in [0.25, 0.3) is 0 Å². The summed E-state index contributed by atoms with van der Waals surface area (Å²) < 4.78 is 0. The van der Waals surface area contributed by atoms with Crippen molar-refractivity contribution in [1.29, 1.82) is 0 Å². The first-order valence-corrected chi connectivity index (χ1v) is 6.47. The number of likely N-dealkylation sites (tertiary alicyclic amines) is 1. The first kappa shape index (κ1) is 13.6. The second-order valence-corrected chi connectivity index (χ2v) is 5.06. The first-order chi connectivity index (χ1) is 9.11. The van der Waals surface area contributed by atoms with Crippen LogP contribution in [0, 0.1) is 0 Å². The zero-order valence-corrected chi connectivity index (χ0v) is 11.5. The SMILES string of the molecule is CN1CCCC(N(C)c2cc(C(N)=NO)ccn2)C1. The lowest BCUT2D eigenvalue weighted by Gasteiger charge is -2.36. The summed E-state index contributed by atoms with van der Waals surface area (Å²) in [7, 11) is 4.18. The lowest BCUT2D eigenvalue weighted by molar-refractivity contribution is 0.247. The standard InChI is InChI=1S/C13H21N5O/c1-17-7-3-4-11(9-17)18(2)12-8-10(5-6-15-12)13(14)16-19/h5-6,8,11,19H,3-4,7,9H2,1-2H3,(H2,14,16). The molecular formula is C13H21N5O. The number of hydrogen-bond acceptors (Lipinski definition) is 5. The summed E-state index contributed by atoms with van der Waals surface area (Å²) in [6.45, 7) is 2.19. The number of pyridine rings is 1. The number of anilines is 1. The van der Waals surface area contributed by atoms with Crippen molar-refractivity contribution in [1.82, 2.24) is 9.88 Å². The van der Waals surface area contributed by atoms with Crippen LogP contribution in [-0.2, 0) is 0 Å². The van der Waals surface area contributed by atoms with Crippen LogP contribution >= 0.6 is 0 Å². The van der Waals surface area contributed by atoms with Gasteiger partial charge in [-0.15, -0.1) is 0 Å². The van der Waals surface area contributed by atoms with Gasteiger partial charge in [-0.2, -0.15) is 0 Å². The molecule has 0 aromatic carbocycles. The molecule has 0 spiro atoms. The van der Waals surface area contributed by atoms with Gasteiger partial charge in [0.15, 0.2) is 5.84 Å². The third kappa shape index (κ3) is 3.14. The van der Waals surface area contributed by atoms with Gasteiger partial charge >= 0.3 is 0 Å². The molecule has 0 amide bonds. The highest BCUT2D eigenvalue weighted by Gasteiger charge is 2.22. The summed E-state index contributed by atoms with van der Waals surface area (Å²) >= 11 is 0. The number of hydrogen-bond donors (Lipinski definition) is 2. The number of aromatic nitrogens is 1. The summed E-state index contributed by atoms with van der Waals surface area (Å²) in [4.78, 5) is 8.87. The Balaban J connectivity index is 2.16. The molecule has 0 bridgehead atoms. The fourth-order valence-corrected chi connectivity index (χ4v) is 2.47. The molecule has 1 aliphatic heterocycles. The van der Waals surface area contributed by atoms with E-state index in [2.05, 4.69) is 27.0 Å². The lowest BCUT2D eigenvalue weighted by Crippen LogP contribution is -2.45. The Kier molecular flexibility index (Phi) is 4.21. The van der Waals surface area contributed by atoms with E-state index in [-0.39, 0.29) is 5.84 Å². The fraction of sp³-hybridized carbons (Fsp3) is 0.538. The molecule has 1 aromatic rings. The number of nitrogens with two attached hydrogens (primary N) is 1. The maximum Gasteiger partial charge on any atom is 0.170 e. The highest BCUT2D eigenvalue weighted by atomic mass is 16.4. The van der Waals surface area contributed by atoms with E-state index in [9.17, 15) is 0 Å². The summed E-state index contributed by atoms with van der Waals surface area (Å²) in [5.41, 5.74) is 6.29. The van der Waals surface area contributed by atoms with Crippen molar-refractivity contribution in [3.63, 3.8) is 0 Å². The van der Waals surface area contributed by atoms with Gasteiger partial charge in [0.05, 0.1) is 0 Å². The Hall–Kier alpha value is -1.82. The molecule has 0 saturated carbocycles. The summed E-state index contributed by atoms with van der Waals surface area (Å²) in [6, 6.07) is 4.04. The second kappa shape index (κ2) is 5.88. The molecule has 1 aliphatic rings. The Labute approximate surface area is 113 Å². The third-order valence-corrected chi connectivity index (χ3v) is 3.66. The molecule has 6 nitrogen and oxygen atoms in total. The molecule has 1 fully saturated rings. The average molecular weight is 263 g/mol. The Bertz CT molecular complexity index is 462. The fourth-order valence-electron chi connectivity index (χ4n) is 2.47. The van der Waals surface area contributed by atoms with E-state index in [1.807, 2.05) is 13.1 Å². The molecule has 1 unspecified atom stereocenters. The van der Waals surface area contributed by atoms with Crippen molar-refractivity contribution in [2.45, 2.75) is 18.9 Å². The minimum Gasteiger partial charge on any atom is -0.409 e. The van der Waals surface area contributed by atoms with Crippen LogP contribution in [0.2, 0.25) is 0 Å². The van der Waals surface area contributed by atoms with E-state index in [0.29, 0.717) is 11.6 Å². The third-order valence-electron chi connectivity index (χ3n) is 3.66. The smallest absolute Gasteiger partial charge is 0.170 e. The number of oxime groups is 1. The summed E-state index contributed by atoms with van der Waals surface area (Å²) in [6.07, 6.45) is 4.05. The molecule has 1 aromatic heterocycles.